The van der Waals surface area contributed by atoms with Gasteiger partial charge in [0.2, 0.25) is 15.9 Å². The quantitative estimate of drug-likeness (QED) is 0.757. The van der Waals surface area contributed by atoms with E-state index in [9.17, 15) is 13.2 Å². The first-order chi connectivity index (χ1) is 14.5. The SMILES string of the molecule is CCCC(=O)Nc1ccc(S(=O)(=O)N2CCN(c3cc4c(nn3)CCC4)CC2)cc1. The molecule has 1 aromatic heterocycles. The van der Waals surface area contributed by atoms with Gasteiger partial charge >= 0.3 is 0 Å². The van der Waals surface area contributed by atoms with E-state index in [1.54, 1.807) is 24.3 Å². The molecule has 0 atom stereocenters. The van der Waals surface area contributed by atoms with E-state index in [2.05, 4.69) is 26.5 Å². The third-order valence-electron chi connectivity index (χ3n) is 5.62. The van der Waals surface area contributed by atoms with E-state index in [0.717, 1.165) is 37.2 Å². The van der Waals surface area contributed by atoms with Crippen molar-refractivity contribution in [3.63, 3.8) is 0 Å². The molecular formula is C21H27N5O3S. The summed E-state index contributed by atoms with van der Waals surface area (Å²) in [6, 6.07) is 8.48. The van der Waals surface area contributed by atoms with Crippen LogP contribution in [0.15, 0.2) is 35.2 Å². The molecule has 2 aromatic rings. The van der Waals surface area contributed by atoms with Crippen LogP contribution in [-0.4, -0.2) is 55.0 Å². The van der Waals surface area contributed by atoms with Gasteiger partial charge in [-0.05, 0) is 61.6 Å². The van der Waals surface area contributed by atoms with Gasteiger partial charge in [-0.15, -0.1) is 5.10 Å². The normalized spacial score (nSPS) is 17.0. The summed E-state index contributed by atoms with van der Waals surface area (Å²) >= 11 is 0. The highest BCUT2D eigenvalue weighted by Crippen LogP contribution is 2.25. The highest BCUT2D eigenvalue weighted by Gasteiger charge is 2.29. The number of rotatable bonds is 6. The van der Waals surface area contributed by atoms with Gasteiger partial charge in [0.05, 0.1) is 10.6 Å². The number of amides is 1. The Morgan fingerprint density at radius 3 is 2.50 bits per heavy atom. The van der Waals surface area contributed by atoms with Crippen molar-refractivity contribution in [3.8, 4) is 0 Å². The average molecular weight is 430 g/mol. The monoisotopic (exact) mass is 429 g/mol. The number of aromatic nitrogens is 2. The number of sulfonamides is 1. The maximum Gasteiger partial charge on any atom is 0.243 e. The predicted octanol–water partition coefficient (Wildman–Crippen LogP) is 2.21. The van der Waals surface area contributed by atoms with Crippen LogP contribution in [0, 0.1) is 0 Å². The summed E-state index contributed by atoms with van der Waals surface area (Å²) in [5, 5.41) is 11.5. The Balaban J connectivity index is 1.39. The summed E-state index contributed by atoms with van der Waals surface area (Å²) in [7, 11) is -3.57. The Labute approximate surface area is 177 Å². The van der Waals surface area contributed by atoms with Gasteiger partial charge in [0, 0.05) is 38.3 Å². The number of nitrogens with zero attached hydrogens (tertiary/aromatic N) is 4. The third kappa shape index (κ3) is 4.32. The Hall–Kier alpha value is -2.52. The fourth-order valence-electron chi connectivity index (χ4n) is 3.94. The van der Waals surface area contributed by atoms with Crippen molar-refractivity contribution >= 4 is 27.4 Å². The number of anilines is 2. The molecule has 0 bridgehead atoms. The number of carbonyl (C=O) groups is 1. The van der Waals surface area contributed by atoms with E-state index in [-0.39, 0.29) is 10.8 Å². The molecule has 0 spiro atoms. The van der Waals surface area contributed by atoms with Gasteiger partial charge < -0.3 is 10.2 Å². The number of hydrogen-bond acceptors (Lipinski definition) is 6. The van der Waals surface area contributed by atoms with Crippen molar-refractivity contribution in [2.75, 3.05) is 36.4 Å². The number of aryl methyl sites for hydroxylation is 2. The summed E-state index contributed by atoms with van der Waals surface area (Å²) in [4.78, 5) is 14.0. The van der Waals surface area contributed by atoms with Crippen LogP contribution in [0.3, 0.4) is 0 Å². The molecule has 8 nitrogen and oxygen atoms in total. The minimum Gasteiger partial charge on any atom is -0.352 e. The molecule has 1 fully saturated rings. The number of piperazine rings is 1. The average Bonchev–Trinajstić information content (AvgIpc) is 3.22. The minimum absolute atomic E-state index is 0.0705. The summed E-state index contributed by atoms with van der Waals surface area (Å²) < 4.78 is 27.5. The number of benzene rings is 1. The summed E-state index contributed by atoms with van der Waals surface area (Å²) in [5.74, 6) is 0.763. The van der Waals surface area contributed by atoms with Gasteiger partial charge in [-0.1, -0.05) is 6.92 Å². The lowest BCUT2D eigenvalue weighted by molar-refractivity contribution is -0.116. The molecule has 0 unspecified atom stereocenters. The first-order valence-corrected chi connectivity index (χ1v) is 11.9. The molecule has 1 N–H and O–H groups in total. The predicted molar refractivity (Wildman–Crippen MR) is 115 cm³/mol. The van der Waals surface area contributed by atoms with E-state index in [0.29, 0.717) is 38.3 Å². The lowest BCUT2D eigenvalue weighted by Crippen LogP contribution is -2.49. The van der Waals surface area contributed by atoms with Crippen molar-refractivity contribution in [1.29, 1.82) is 0 Å². The molecule has 1 saturated heterocycles. The second kappa shape index (κ2) is 8.69. The van der Waals surface area contributed by atoms with Crippen molar-refractivity contribution in [3.05, 3.63) is 41.6 Å². The van der Waals surface area contributed by atoms with Crippen LogP contribution >= 0.6 is 0 Å². The molecule has 9 heteroatoms. The Morgan fingerprint density at radius 2 is 1.80 bits per heavy atom. The first-order valence-electron chi connectivity index (χ1n) is 10.5. The molecule has 1 aliphatic heterocycles. The lowest BCUT2D eigenvalue weighted by Gasteiger charge is -2.34. The van der Waals surface area contributed by atoms with E-state index < -0.39 is 10.0 Å². The van der Waals surface area contributed by atoms with Crippen molar-refractivity contribution in [2.45, 2.75) is 43.9 Å². The van der Waals surface area contributed by atoms with Gasteiger partial charge in [0.1, 0.15) is 0 Å². The van der Waals surface area contributed by atoms with E-state index in [1.807, 2.05) is 6.92 Å². The number of fused-ring (bicyclic) bond motifs is 1. The largest absolute Gasteiger partial charge is 0.352 e. The van der Waals surface area contributed by atoms with Crippen LogP contribution in [0.4, 0.5) is 11.5 Å². The van der Waals surface area contributed by atoms with Gasteiger partial charge in [-0.2, -0.15) is 9.40 Å². The smallest absolute Gasteiger partial charge is 0.243 e. The van der Waals surface area contributed by atoms with Gasteiger partial charge in [0.15, 0.2) is 5.82 Å². The second-order valence-corrected chi connectivity index (χ2v) is 9.68. The molecule has 2 heterocycles. The second-order valence-electron chi connectivity index (χ2n) is 7.74. The molecular weight excluding hydrogens is 402 g/mol. The molecule has 1 amide bonds. The summed E-state index contributed by atoms with van der Waals surface area (Å²) in [6.07, 6.45) is 4.37. The molecule has 1 aromatic carbocycles. The molecule has 2 aliphatic rings. The maximum absolute atomic E-state index is 13.0. The third-order valence-corrected chi connectivity index (χ3v) is 7.54. The van der Waals surface area contributed by atoms with E-state index in [4.69, 9.17) is 0 Å². The van der Waals surface area contributed by atoms with Gasteiger partial charge in [-0.25, -0.2) is 8.42 Å². The zero-order chi connectivity index (χ0) is 21.1. The number of carbonyl (C=O) groups excluding carboxylic acids is 1. The van der Waals surface area contributed by atoms with Crippen molar-refractivity contribution in [1.82, 2.24) is 14.5 Å². The lowest BCUT2D eigenvalue weighted by atomic mass is 10.2. The molecule has 1 aliphatic carbocycles. The Morgan fingerprint density at radius 1 is 1.07 bits per heavy atom. The number of hydrogen-bond donors (Lipinski definition) is 1. The topological polar surface area (TPSA) is 95.5 Å². The van der Waals surface area contributed by atoms with Crippen LogP contribution in [0.2, 0.25) is 0 Å². The molecule has 160 valence electrons. The van der Waals surface area contributed by atoms with Crippen molar-refractivity contribution < 1.29 is 13.2 Å². The molecule has 4 rings (SSSR count). The molecule has 0 saturated carbocycles. The van der Waals surface area contributed by atoms with E-state index >= 15 is 0 Å². The molecule has 0 radical (unpaired) electrons. The van der Waals surface area contributed by atoms with Crippen molar-refractivity contribution in [2.24, 2.45) is 0 Å². The summed E-state index contributed by atoms with van der Waals surface area (Å²) in [5.41, 5.74) is 2.96. The zero-order valence-corrected chi connectivity index (χ0v) is 18.0. The Bertz CT molecular complexity index is 1020. The number of nitrogens with one attached hydrogen (secondary N) is 1. The fourth-order valence-corrected chi connectivity index (χ4v) is 5.36. The standard InChI is InChI=1S/C21H27N5O3S/c1-2-4-21(27)22-17-7-9-18(10-8-17)30(28,29)26-13-11-25(12-14-26)20-15-16-5-3-6-19(16)23-24-20/h7-10,15H,2-6,11-14H2,1H3,(H,22,27). The van der Waals surface area contributed by atoms with Crippen LogP contribution in [-0.2, 0) is 27.7 Å². The summed E-state index contributed by atoms with van der Waals surface area (Å²) in [6.45, 7) is 3.90. The van der Waals surface area contributed by atoms with Crippen LogP contribution in [0.25, 0.3) is 0 Å². The van der Waals surface area contributed by atoms with Crippen LogP contribution in [0.1, 0.15) is 37.4 Å². The van der Waals surface area contributed by atoms with Crippen LogP contribution < -0.4 is 10.2 Å². The zero-order valence-electron chi connectivity index (χ0n) is 17.2. The highest BCUT2D eigenvalue weighted by molar-refractivity contribution is 7.89. The minimum atomic E-state index is -3.57. The van der Waals surface area contributed by atoms with Gasteiger partial charge in [0.25, 0.3) is 0 Å². The highest BCUT2D eigenvalue weighted by atomic mass is 32.2. The van der Waals surface area contributed by atoms with Gasteiger partial charge in [-0.3, -0.25) is 4.79 Å². The first kappa shape index (κ1) is 20.7. The van der Waals surface area contributed by atoms with Crippen LogP contribution in [0.5, 0.6) is 0 Å². The Kier molecular flexibility index (Phi) is 6.01. The maximum atomic E-state index is 13.0. The van der Waals surface area contributed by atoms with E-state index in [1.165, 1.54) is 9.87 Å². The molecule has 30 heavy (non-hydrogen) atoms. The fraction of sp³-hybridized carbons (Fsp3) is 0.476.